The average molecular weight is 381 g/mol. The van der Waals surface area contributed by atoms with E-state index in [-0.39, 0.29) is 17.3 Å². The van der Waals surface area contributed by atoms with Crippen molar-refractivity contribution in [1.82, 2.24) is 9.62 Å². The number of hydrogen-bond acceptors (Lipinski definition) is 3. The normalized spacial score (nSPS) is 11.3. The van der Waals surface area contributed by atoms with Crippen molar-refractivity contribution in [1.29, 1.82) is 0 Å². The minimum atomic E-state index is -3.61. The zero-order valence-corrected chi connectivity index (χ0v) is 15.6. The van der Waals surface area contributed by atoms with Crippen molar-refractivity contribution in [3.05, 3.63) is 65.2 Å². The topological polar surface area (TPSA) is 66.5 Å². The molecule has 7 heteroatoms. The molecule has 0 heterocycles. The molecule has 0 radical (unpaired) electrons. The van der Waals surface area contributed by atoms with Gasteiger partial charge in [0.15, 0.2) is 0 Å². The van der Waals surface area contributed by atoms with Crippen LogP contribution in [0.2, 0.25) is 5.02 Å². The van der Waals surface area contributed by atoms with Crippen LogP contribution in [0.25, 0.3) is 0 Å². The minimum Gasteiger partial charge on any atom is -0.341 e. The summed E-state index contributed by atoms with van der Waals surface area (Å²) >= 11 is 5.77. The summed E-state index contributed by atoms with van der Waals surface area (Å²) in [6.45, 7) is 2.50. The highest BCUT2D eigenvalue weighted by Gasteiger charge is 2.15. The van der Waals surface area contributed by atoms with Gasteiger partial charge in [-0.25, -0.2) is 13.1 Å². The molecular formula is C18H21ClN2O3S. The molecule has 25 heavy (non-hydrogen) atoms. The lowest BCUT2D eigenvalue weighted by molar-refractivity contribution is -0.128. The van der Waals surface area contributed by atoms with E-state index in [0.717, 1.165) is 12.0 Å². The van der Waals surface area contributed by atoms with Gasteiger partial charge in [0.2, 0.25) is 15.9 Å². The molecule has 1 N–H and O–H groups in total. The van der Waals surface area contributed by atoms with Gasteiger partial charge in [0.05, 0.1) is 4.90 Å². The Labute approximate surface area is 153 Å². The standard InChI is InChI=1S/C18H21ClN2O3S/c1-15(22)21(13-11-16-5-3-2-4-6-16)14-12-20-25(23,24)18-9-7-17(19)8-10-18/h2-10,20H,11-14H2,1H3. The van der Waals surface area contributed by atoms with E-state index in [2.05, 4.69) is 4.72 Å². The van der Waals surface area contributed by atoms with Crippen molar-refractivity contribution in [2.75, 3.05) is 19.6 Å². The summed E-state index contributed by atoms with van der Waals surface area (Å²) in [5.74, 6) is -0.0818. The van der Waals surface area contributed by atoms with Crippen LogP contribution in [0.3, 0.4) is 0 Å². The van der Waals surface area contributed by atoms with E-state index in [0.29, 0.717) is 18.1 Å². The summed E-state index contributed by atoms with van der Waals surface area (Å²) in [4.78, 5) is 13.5. The molecule has 0 bridgehead atoms. The number of nitrogens with zero attached hydrogens (tertiary/aromatic N) is 1. The molecule has 0 aliphatic carbocycles. The van der Waals surface area contributed by atoms with E-state index >= 15 is 0 Å². The summed E-state index contributed by atoms with van der Waals surface area (Å²) in [6, 6.07) is 15.8. The number of halogens is 1. The largest absolute Gasteiger partial charge is 0.341 e. The predicted octanol–water partition coefficient (Wildman–Crippen LogP) is 2.71. The number of benzene rings is 2. The summed E-state index contributed by atoms with van der Waals surface area (Å²) in [6.07, 6.45) is 0.727. The molecular weight excluding hydrogens is 360 g/mol. The van der Waals surface area contributed by atoms with Crippen LogP contribution in [0.15, 0.2) is 59.5 Å². The Morgan fingerprint density at radius 3 is 2.28 bits per heavy atom. The SMILES string of the molecule is CC(=O)N(CCNS(=O)(=O)c1ccc(Cl)cc1)CCc1ccccc1. The van der Waals surface area contributed by atoms with Crippen molar-refractivity contribution < 1.29 is 13.2 Å². The molecule has 2 aromatic rings. The molecule has 0 atom stereocenters. The molecule has 5 nitrogen and oxygen atoms in total. The minimum absolute atomic E-state index is 0.0818. The molecule has 0 unspecified atom stereocenters. The van der Waals surface area contributed by atoms with Crippen LogP contribution in [-0.4, -0.2) is 38.9 Å². The van der Waals surface area contributed by atoms with Crippen LogP contribution in [-0.2, 0) is 21.2 Å². The molecule has 1 amide bonds. The van der Waals surface area contributed by atoms with E-state index in [1.807, 2.05) is 30.3 Å². The van der Waals surface area contributed by atoms with Gasteiger partial charge >= 0.3 is 0 Å². The van der Waals surface area contributed by atoms with E-state index < -0.39 is 10.0 Å². The van der Waals surface area contributed by atoms with E-state index in [1.54, 1.807) is 4.90 Å². The zero-order chi connectivity index (χ0) is 18.3. The maximum absolute atomic E-state index is 12.2. The Balaban J connectivity index is 1.88. The Hall–Kier alpha value is -1.89. The van der Waals surface area contributed by atoms with Gasteiger partial charge in [0.25, 0.3) is 0 Å². The smallest absolute Gasteiger partial charge is 0.240 e. The number of hydrogen-bond donors (Lipinski definition) is 1. The van der Waals surface area contributed by atoms with Crippen molar-refractivity contribution in [3.63, 3.8) is 0 Å². The zero-order valence-electron chi connectivity index (χ0n) is 14.0. The fraction of sp³-hybridized carbons (Fsp3) is 0.278. The van der Waals surface area contributed by atoms with E-state index in [1.165, 1.54) is 31.2 Å². The lowest BCUT2D eigenvalue weighted by atomic mass is 10.1. The molecule has 0 aliphatic rings. The van der Waals surface area contributed by atoms with Crippen molar-refractivity contribution in [2.45, 2.75) is 18.2 Å². The summed E-state index contributed by atoms with van der Waals surface area (Å²) in [7, 11) is -3.61. The van der Waals surface area contributed by atoms with Crippen LogP contribution in [0.5, 0.6) is 0 Å². The van der Waals surface area contributed by atoms with Crippen LogP contribution in [0.1, 0.15) is 12.5 Å². The molecule has 0 spiro atoms. The molecule has 134 valence electrons. The second kappa shape index (κ2) is 8.99. The Morgan fingerprint density at radius 1 is 1.04 bits per heavy atom. The third kappa shape index (κ3) is 6.16. The first-order valence-electron chi connectivity index (χ1n) is 7.93. The molecule has 0 aliphatic heterocycles. The van der Waals surface area contributed by atoms with Gasteiger partial charge in [0, 0.05) is 31.6 Å². The van der Waals surface area contributed by atoms with Crippen molar-refractivity contribution >= 4 is 27.5 Å². The van der Waals surface area contributed by atoms with Crippen LogP contribution >= 0.6 is 11.6 Å². The lowest BCUT2D eigenvalue weighted by Crippen LogP contribution is -2.38. The van der Waals surface area contributed by atoms with Crippen molar-refractivity contribution in [3.8, 4) is 0 Å². The maximum atomic E-state index is 12.2. The van der Waals surface area contributed by atoms with Gasteiger partial charge in [-0.1, -0.05) is 41.9 Å². The van der Waals surface area contributed by atoms with Crippen molar-refractivity contribution in [2.24, 2.45) is 0 Å². The monoisotopic (exact) mass is 380 g/mol. The lowest BCUT2D eigenvalue weighted by Gasteiger charge is -2.21. The first-order chi connectivity index (χ1) is 11.9. The summed E-state index contributed by atoms with van der Waals surface area (Å²) < 4.78 is 26.9. The first kappa shape index (κ1) is 19.4. The molecule has 2 rings (SSSR count). The third-order valence-corrected chi connectivity index (χ3v) is 5.49. The molecule has 0 saturated carbocycles. The van der Waals surface area contributed by atoms with Gasteiger partial charge in [-0.2, -0.15) is 0 Å². The van der Waals surface area contributed by atoms with Gasteiger partial charge in [0.1, 0.15) is 0 Å². The highest BCUT2D eigenvalue weighted by Crippen LogP contribution is 2.13. The predicted molar refractivity (Wildman–Crippen MR) is 99.0 cm³/mol. The molecule has 0 saturated heterocycles. The van der Waals surface area contributed by atoms with E-state index in [9.17, 15) is 13.2 Å². The Kier molecular flexibility index (Phi) is 6.99. The van der Waals surface area contributed by atoms with Gasteiger partial charge < -0.3 is 4.90 Å². The number of nitrogens with one attached hydrogen (secondary N) is 1. The van der Waals surface area contributed by atoms with Crippen LogP contribution in [0, 0.1) is 0 Å². The number of carbonyl (C=O) groups is 1. The Morgan fingerprint density at radius 2 is 1.68 bits per heavy atom. The third-order valence-electron chi connectivity index (χ3n) is 3.76. The highest BCUT2D eigenvalue weighted by molar-refractivity contribution is 7.89. The number of rotatable bonds is 8. The second-order valence-corrected chi connectivity index (χ2v) is 7.80. The highest BCUT2D eigenvalue weighted by atomic mass is 35.5. The van der Waals surface area contributed by atoms with Gasteiger partial charge in [-0.15, -0.1) is 0 Å². The fourth-order valence-corrected chi connectivity index (χ4v) is 3.49. The summed E-state index contributed by atoms with van der Waals surface area (Å²) in [5.41, 5.74) is 1.13. The second-order valence-electron chi connectivity index (χ2n) is 5.59. The number of sulfonamides is 1. The number of amides is 1. The van der Waals surface area contributed by atoms with Gasteiger partial charge in [-0.05, 0) is 36.2 Å². The maximum Gasteiger partial charge on any atom is 0.240 e. The van der Waals surface area contributed by atoms with Crippen LogP contribution in [0.4, 0.5) is 0 Å². The average Bonchev–Trinajstić information content (AvgIpc) is 2.59. The van der Waals surface area contributed by atoms with E-state index in [4.69, 9.17) is 11.6 Å². The van der Waals surface area contributed by atoms with Crippen LogP contribution < -0.4 is 4.72 Å². The first-order valence-corrected chi connectivity index (χ1v) is 9.79. The molecule has 0 aromatic heterocycles. The quantitative estimate of drug-likeness (QED) is 0.765. The number of carbonyl (C=O) groups excluding carboxylic acids is 1. The summed E-state index contributed by atoms with van der Waals surface area (Å²) in [5, 5.41) is 0.475. The van der Waals surface area contributed by atoms with Gasteiger partial charge in [-0.3, -0.25) is 4.79 Å². The molecule has 2 aromatic carbocycles. The Bertz CT molecular complexity index is 793. The fourth-order valence-electron chi connectivity index (χ4n) is 2.35. The molecule has 0 fully saturated rings.